The van der Waals surface area contributed by atoms with E-state index in [0.717, 1.165) is 0 Å². The topological polar surface area (TPSA) is 58.6 Å². The number of phenolic OH excluding ortho intramolecular Hbond substituents is 1. The van der Waals surface area contributed by atoms with Crippen molar-refractivity contribution in [3.63, 3.8) is 0 Å². The number of benzene rings is 1. The number of hydrogen-bond acceptors (Lipinski definition) is 4. The molecule has 4 heteroatoms. The quantitative estimate of drug-likeness (QED) is 0.562. The van der Waals surface area contributed by atoms with Crippen molar-refractivity contribution in [1.29, 1.82) is 0 Å². The number of hydrogen-bond donors (Lipinski definition) is 2. The number of nitrogens with one attached hydrogen (secondary N) is 1. The van der Waals surface area contributed by atoms with Crippen LogP contribution in [-0.2, 0) is 9.53 Å². The summed E-state index contributed by atoms with van der Waals surface area (Å²) in [5, 5.41) is 12.1. The molecule has 0 aliphatic heterocycles. The molecule has 0 aliphatic carbocycles. The molecule has 1 aromatic rings. The lowest BCUT2D eigenvalue weighted by atomic mass is 10.3. The molecule has 0 radical (unpaired) electrons. The minimum atomic E-state index is -0.337. The zero-order valence-corrected chi connectivity index (χ0v) is 7.99. The Kier molecular flexibility index (Phi) is 3.79. The molecule has 0 bridgehead atoms. The predicted octanol–water partition coefficient (Wildman–Crippen LogP) is 1.37. The number of esters is 1. The van der Waals surface area contributed by atoms with E-state index in [1.54, 1.807) is 31.2 Å². The van der Waals surface area contributed by atoms with Gasteiger partial charge in [0.25, 0.3) is 0 Å². The third-order valence-corrected chi connectivity index (χ3v) is 1.63. The standard InChI is InChI=1S/C10H13NO3/c1-2-14-10(13)7-11-8-5-3-4-6-9(8)12/h3-6,11-12H,2,7H2,1H3. The second-order valence-electron chi connectivity index (χ2n) is 2.68. The molecule has 0 spiro atoms. The number of rotatable bonds is 4. The van der Waals surface area contributed by atoms with Crippen LogP contribution in [-0.4, -0.2) is 24.2 Å². The molecule has 0 saturated carbocycles. The molecule has 0 heterocycles. The molecule has 1 aromatic carbocycles. The Balaban J connectivity index is 2.46. The number of carbonyl (C=O) groups is 1. The number of carbonyl (C=O) groups excluding carboxylic acids is 1. The second-order valence-corrected chi connectivity index (χ2v) is 2.68. The minimum absolute atomic E-state index is 0.0609. The van der Waals surface area contributed by atoms with Crippen molar-refractivity contribution in [3.8, 4) is 5.75 Å². The summed E-state index contributed by atoms with van der Waals surface area (Å²) in [6.45, 7) is 2.17. The van der Waals surface area contributed by atoms with Crippen LogP contribution in [0.2, 0.25) is 0 Å². The van der Waals surface area contributed by atoms with Crippen LogP contribution in [0.4, 0.5) is 5.69 Å². The van der Waals surface area contributed by atoms with E-state index < -0.39 is 0 Å². The summed E-state index contributed by atoms with van der Waals surface area (Å²) in [4.78, 5) is 11.0. The van der Waals surface area contributed by atoms with Crippen molar-refractivity contribution in [1.82, 2.24) is 0 Å². The fraction of sp³-hybridized carbons (Fsp3) is 0.300. The highest BCUT2D eigenvalue weighted by Gasteiger charge is 2.03. The van der Waals surface area contributed by atoms with Crippen molar-refractivity contribution in [2.45, 2.75) is 6.92 Å². The molecule has 0 saturated heterocycles. The Morgan fingerprint density at radius 3 is 2.86 bits per heavy atom. The van der Waals surface area contributed by atoms with Crippen LogP contribution in [0.1, 0.15) is 6.92 Å². The highest BCUT2D eigenvalue weighted by atomic mass is 16.5. The first-order valence-electron chi connectivity index (χ1n) is 4.41. The van der Waals surface area contributed by atoms with Gasteiger partial charge in [0.1, 0.15) is 12.3 Å². The SMILES string of the molecule is CCOC(=O)CNc1ccccc1O. The number of aromatic hydroxyl groups is 1. The van der Waals surface area contributed by atoms with Gasteiger partial charge in [0, 0.05) is 0 Å². The van der Waals surface area contributed by atoms with Gasteiger partial charge in [-0.15, -0.1) is 0 Å². The predicted molar refractivity (Wildman–Crippen MR) is 53.2 cm³/mol. The number of para-hydroxylation sites is 2. The first kappa shape index (κ1) is 10.4. The summed E-state index contributed by atoms with van der Waals surface area (Å²) >= 11 is 0. The number of ether oxygens (including phenoxy) is 1. The number of phenols is 1. The maximum atomic E-state index is 11.0. The average Bonchev–Trinajstić information content (AvgIpc) is 2.17. The van der Waals surface area contributed by atoms with Gasteiger partial charge < -0.3 is 15.2 Å². The summed E-state index contributed by atoms with van der Waals surface area (Å²) in [7, 11) is 0. The van der Waals surface area contributed by atoms with Crippen LogP contribution in [0.15, 0.2) is 24.3 Å². The highest BCUT2D eigenvalue weighted by molar-refractivity contribution is 5.75. The van der Waals surface area contributed by atoms with Gasteiger partial charge in [-0.2, -0.15) is 0 Å². The molecular weight excluding hydrogens is 182 g/mol. The summed E-state index contributed by atoms with van der Waals surface area (Å²) in [5.41, 5.74) is 0.528. The number of anilines is 1. The fourth-order valence-electron chi connectivity index (χ4n) is 1.00. The van der Waals surface area contributed by atoms with Crippen LogP contribution in [0, 0.1) is 0 Å². The van der Waals surface area contributed by atoms with Gasteiger partial charge in [0.05, 0.1) is 12.3 Å². The summed E-state index contributed by atoms with van der Waals surface area (Å²) in [6.07, 6.45) is 0. The summed E-state index contributed by atoms with van der Waals surface area (Å²) in [5.74, 6) is -0.215. The van der Waals surface area contributed by atoms with Crippen LogP contribution in [0.5, 0.6) is 5.75 Å². The Morgan fingerprint density at radius 2 is 2.21 bits per heavy atom. The Bertz CT molecular complexity index is 312. The van der Waals surface area contributed by atoms with Gasteiger partial charge in [0.15, 0.2) is 0 Å². The van der Waals surface area contributed by atoms with E-state index in [1.807, 2.05) is 0 Å². The van der Waals surface area contributed by atoms with Crippen molar-refractivity contribution in [2.24, 2.45) is 0 Å². The third kappa shape index (κ3) is 2.97. The van der Waals surface area contributed by atoms with E-state index >= 15 is 0 Å². The minimum Gasteiger partial charge on any atom is -0.506 e. The summed E-state index contributed by atoms with van der Waals surface area (Å²) in [6, 6.07) is 6.72. The van der Waals surface area contributed by atoms with Crippen LogP contribution in [0.3, 0.4) is 0 Å². The molecule has 14 heavy (non-hydrogen) atoms. The van der Waals surface area contributed by atoms with Gasteiger partial charge >= 0.3 is 5.97 Å². The van der Waals surface area contributed by atoms with E-state index in [0.29, 0.717) is 12.3 Å². The molecule has 76 valence electrons. The summed E-state index contributed by atoms with van der Waals surface area (Å²) < 4.78 is 4.72. The lowest BCUT2D eigenvalue weighted by Gasteiger charge is -2.06. The van der Waals surface area contributed by atoms with Gasteiger partial charge in [-0.1, -0.05) is 12.1 Å². The smallest absolute Gasteiger partial charge is 0.325 e. The molecule has 0 aromatic heterocycles. The van der Waals surface area contributed by atoms with Gasteiger partial charge in [0.2, 0.25) is 0 Å². The van der Waals surface area contributed by atoms with E-state index in [9.17, 15) is 9.90 Å². The Labute approximate surface area is 82.5 Å². The van der Waals surface area contributed by atoms with Crippen LogP contribution >= 0.6 is 0 Å². The van der Waals surface area contributed by atoms with Crippen molar-refractivity contribution >= 4 is 11.7 Å². The molecule has 2 N–H and O–H groups in total. The largest absolute Gasteiger partial charge is 0.506 e. The Morgan fingerprint density at radius 1 is 1.50 bits per heavy atom. The van der Waals surface area contributed by atoms with Gasteiger partial charge in [-0.25, -0.2) is 0 Å². The zero-order chi connectivity index (χ0) is 10.4. The molecule has 4 nitrogen and oxygen atoms in total. The second kappa shape index (κ2) is 5.11. The van der Waals surface area contributed by atoms with Crippen molar-refractivity contribution in [3.05, 3.63) is 24.3 Å². The molecule has 0 unspecified atom stereocenters. The monoisotopic (exact) mass is 195 g/mol. The molecular formula is C10H13NO3. The van der Waals surface area contributed by atoms with Crippen LogP contribution in [0.25, 0.3) is 0 Å². The maximum absolute atomic E-state index is 11.0. The fourth-order valence-corrected chi connectivity index (χ4v) is 1.00. The normalized spacial score (nSPS) is 9.50. The Hall–Kier alpha value is -1.71. The van der Waals surface area contributed by atoms with E-state index in [4.69, 9.17) is 4.74 Å². The highest BCUT2D eigenvalue weighted by Crippen LogP contribution is 2.20. The van der Waals surface area contributed by atoms with E-state index in [1.165, 1.54) is 0 Å². The maximum Gasteiger partial charge on any atom is 0.325 e. The van der Waals surface area contributed by atoms with Gasteiger partial charge in [-0.3, -0.25) is 4.79 Å². The molecule has 0 aliphatic rings. The average molecular weight is 195 g/mol. The molecule has 0 amide bonds. The zero-order valence-electron chi connectivity index (χ0n) is 7.99. The lowest BCUT2D eigenvalue weighted by molar-refractivity contribution is -0.140. The lowest BCUT2D eigenvalue weighted by Crippen LogP contribution is -2.16. The van der Waals surface area contributed by atoms with E-state index in [2.05, 4.69) is 5.32 Å². The van der Waals surface area contributed by atoms with Crippen molar-refractivity contribution < 1.29 is 14.6 Å². The molecule has 0 atom stereocenters. The van der Waals surface area contributed by atoms with Crippen LogP contribution < -0.4 is 5.32 Å². The van der Waals surface area contributed by atoms with E-state index in [-0.39, 0.29) is 18.3 Å². The first-order valence-corrected chi connectivity index (χ1v) is 4.41. The first-order chi connectivity index (χ1) is 6.74. The molecule has 1 rings (SSSR count). The van der Waals surface area contributed by atoms with Gasteiger partial charge in [-0.05, 0) is 19.1 Å². The molecule has 0 fully saturated rings. The third-order valence-electron chi connectivity index (χ3n) is 1.63. The van der Waals surface area contributed by atoms with Crippen molar-refractivity contribution in [2.75, 3.05) is 18.5 Å².